The van der Waals surface area contributed by atoms with E-state index in [-0.39, 0.29) is 11.9 Å². The zero-order chi connectivity index (χ0) is 14.8. The summed E-state index contributed by atoms with van der Waals surface area (Å²) < 4.78 is 0. The number of carbonyl (C=O) groups is 1. The molecule has 2 aromatic rings. The number of hydrogen-bond donors (Lipinski definition) is 0. The van der Waals surface area contributed by atoms with Crippen molar-refractivity contribution in [2.75, 3.05) is 7.05 Å². The molecule has 1 amide bonds. The van der Waals surface area contributed by atoms with Gasteiger partial charge in [0.15, 0.2) is 0 Å². The van der Waals surface area contributed by atoms with Gasteiger partial charge in [0.2, 0.25) is 0 Å². The molecule has 0 aromatic heterocycles. The van der Waals surface area contributed by atoms with Gasteiger partial charge in [0.25, 0.3) is 5.91 Å². The minimum atomic E-state index is 0.0270. The van der Waals surface area contributed by atoms with Crippen molar-refractivity contribution in [3.8, 4) is 0 Å². The molecule has 0 aliphatic heterocycles. The van der Waals surface area contributed by atoms with E-state index in [0.29, 0.717) is 10.6 Å². The third-order valence-corrected chi connectivity index (χ3v) is 4.43. The van der Waals surface area contributed by atoms with Gasteiger partial charge < -0.3 is 4.90 Å². The van der Waals surface area contributed by atoms with Crippen molar-refractivity contribution in [2.45, 2.75) is 25.3 Å². The zero-order valence-corrected chi connectivity index (χ0v) is 12.8. The van der Waals surface area contributed by atoms with Crippen molar-refractivity contribution in [2.24, 2.45) is 0 Å². The van der Waals surface area contributed by atoms with E-state index < -0.39 is 0 Å². The van der Waals surface area contributed by atoms with Crippen LogP contribution >= 0.6 is 11.6 Å². The van der Waals surface area contributed by atoms with Crippen molar-refractivity contribution >= 4 is 17.5 Å². The number of amides is 1. The Bertz CT molecular complexity index is 668. The first-order valence-electron chi connectivity index (χ1n) is 7.27. The number of aryl methyl sites for hydroxylation is 1. The van der Waals surface area contributed by atoms with E-state index in [2.05, 4.69) is 24.3 Å². The van der Waals surface area contributed by atoms with Crippen LogP contribution in [-0.2, 0) is 6.42 Å². The number of carbonyl (C=O) groups excluding carboxylic acids is 1. The van der Waals surface area contributed by atoms with Crippen molar-refractivity contribution in [3.63, 3.8) is 0 Å². The van der Waals surface area contributed by atoms with E-state index in [0.717, 1.165) is 19.3 Å². The van der Waals surface area contributed by atoms with E-state index in [1.165, 1.54) is 11.1 Å². The highest BCUT2D eigenvalue weighted by Gasteiger charge is 2.27. The average Bonchev–Trinajstić information content (AvgIpc) is 2.53. The van der Waals surface area contributed by atoms with E-state index in [9.17, 15) is 4.79 Å². The number of nitrogens with zero attached hydrogens (tertiary/aromatic N) is 1. The maximum absolute atomic E-state index is 12.7. The Balaban J connectivity index is 1.89. The van der Waals surface area contributed by atoms with E-state index >= 15 is 0 Å². The van der Waals surface area contributed by atoms with Crippen LogP contribution in [0.1, 0.15) is 40.4 Å². The molecule has 2 aromatic carbocycles. The third kappa shape index (κ3) is 2.81. The van der Waals surface area contributed by atoms with Gasteiger partial charge in [-0.05, 0) is 48.6 Å². The summed E-state index contributed by atoms with van der Waals surface area (Å²) in [6.07, 6.45) is 3.24. The molecule has 1 aliphatic rings. The Kier molecular flexibility index (Phi) is 3.98. The second-order valence-electron chi connectivity index (χ2n) is 5.53. The summed E-state index contributed by atoms with van der Waals surface area (Å²) in [5, 5.41) is 0.596. The Morgan fingerprint density at radius 3 is 2.81 bits per heavy atom. The third-order valence-electron chi connectivity index (χ3n) is 4.20. The highest BCUT2D eigenvalue weighted by molar-refractivity contribution is 6.30. The second kappa shape index (κ2) is 5.90. The van der Waals surface area contributed by atoms with Gasteiger partial charge in [-0.2, -0.15) is 0 Å². The molecule has 0 N–H and O–H groups in total. The molecule has 0 saturated heterocycles. The Hall–Kier alpha value is -1.80. The highest BCUT2D eigenvalue weighted by Crippen LogP contribution is 2.34. The molecule has 0 heterocycles. The van der Waals surface area contributed by atoms with Crippen LogP contribution in [0.4, 0.5) is 0 Å². The normalized spacial score (nSPS) is 17.1. The lowest BCUT2D eigenvalue weighted by Gasteiger charge is -2.33. The maximum Gasteiger partial charge on any atom is 0.254 e. The summed E-state index contributed by atoms with van der Waals surface area (Å²) >= 11 is 5.99. The monoisotopic (exact) mass is 299 g/mol. The molecule has 3 rings (SSSR count). The number of benzene rings is 2. The van der Waals surface area contributed by atoms with Crippen LogP contribution in [0.5, 0.6) is 0 Å². The van der Waals surface area contributed by atoms with Crippen LogP contribution in [0, 0.1) is 0 Å². The van der Waals surface area contributed by atoms with Gasteiger partial charge in [-0.1, -0.05) is 41.9 Å². The summed E-state index contributed by atoms with van der Waals surface area (Å²) in [6.45, 7) is 0. The molecule has 0 spiro atoms. The van der Waals surface area contributed by atoms with Gasteiger partial charge in [0, 0.05) is 17.6 Å². The fraction of sp³-hybridized carbons (Fsp3) is 0.278. The highest BCUT2D eigenvalue weighted by atomic mass is 35.5. The molecule has 0 fully saturated rings. The molecule has 0 bridgehead atoms. The van der Waals surface area contributed by atoms with Gasteiger partial charge in [-0.15, -0.1) is 0 Å². The molecule has 1 unspecified atom stereocenters. The SMILES string of the molecule is CN(C(=O)c1cccc(Cl)c1)C1CCCc2ccccc21. The lowest BCUT2D eigenvalue weighted by molar-refractivity contribution is 0.0715. The summed E-state index contributed by atoms with van der Waals surface area (Å²) in [7, 11) is 1.88. The fourth-order valence-corrected chi connectivity index (χ4v) is 3.29. The van der Waals surface area contributed by atoms with Crippen LogP contribution < -0.4 is 0 Å². The summed E-state index contributed by atoms with van der Waals surface area (Å²) in [5.41, 5.74) is 3.29. The average molecular weight is 300 g/mol. The van der Waals surface area contributed by atoms with Crippen LogP contribution in [-0.4, -0.2) is 17.9 Å². The molecule has 21 heavy (non-hydrogen) atoms. The van der Waals surface area contributed by atoms with Crippen LogP contribution in [0.3, 0.4) is 0 Å². The first kappa shape index (κ1) is 14.2. The lowest BCUT2D eigenvalue weighted by atomic mass is 9.87. The van der Waals surface area contributed by atoms with E-state index in [4.69, 9.17) is 11.6 Å². The first-order valence-corrected chi connectivity index (χ1v) is 7.65. The lowest BCUT2D eigenvalue weighted by Crippen LogP contribution is -2.33. The fourth-order valence-electron chi connectivity index (χ4n) is 3.10. The smallest absolute Gasteiger partial charge is 0.254 e. The molecule has 1 atom stereocenters. The van der Waals surface area contributed by atoms with Crippen molar-refractivity contribution in [1.29, 1.82) is 0 Å². The van der Waals surface area contributed by atoms with Gasteiger partial charge in [-0.3, -0.25) is 4.79 Å². The number of hydrogen-bond acceptors (Lipinski definition) is 1. The van der Waals surface area contributed by atoms with E-state index in [1.54, 1.807) is 12.1 Å². The number of fused-ring (bicyclic) bond motifs is 1. The zero-order valence-electron chi connectivity index (χ0n) is 12.1. The van der Waals surface area contributed by atoms with Crippen LogP contribution in [0.2, 0.25) is 5.02 Å². The summed E-state index contributed by atoms with van der Waals surface area (Å²) in [6, 6.07) is 15.7. The quantitative estimate of drug-likeness (QED) is 0.800. The van der Waals surface area contributed by atoms with Crippen molar-refractivity contribution in [3.05, 3.63) is 70.2 Å². The van der Waals surface area contributed by atoms with E-state index in [1.807, 2.05) is 24.1 Å². The Morgan fingerprint density at radius 1 is 1.19 bits per heavy atom. The molecular formula is C18H18ClNO. The minimum absolute atomic E-state index is 0.0270. The molecule has 0 saturated carbocycles. The Morgan fingerprint density at radius 2 is 2.00 bits per heavy atom. The predicted octanol–water partition coefficient (Wildman–Crippen LogP) is 4.49. The molecule has 1 aliphatic carbocycles. The van der Waals surface area contributed by atoms with Gasteiger partial charge >= 0.3 is 0 Å². The second-order valence-corrected chi connectivity index (χ2v) is 5.97. The molecule has 108 valence electrons. The van der Waals surface area contributed by atoms with Gasteiger partial charge in [-0.25, -0.2) is 0 Å². The number of halogens is 1. The molecule has 3 heteroatoms. The topological polar surface area (TPSA) is 20.3 Å². The van der Waals surface area contributed by atoms with Crippen molar-refractivity contribution in [1.82, 2.24) is 4.90 Å². The van der Waals surface area contributed by atoms with Crippen molar-refractivity contribution < 1.29 is 4.79 Å². The minimum Gasteiger partial charge on any atom is -0.335 e. The van der Waals surface area contributed by atoms with Crippen LogP contribution in [0.15, 0.2) is 48.5 Å². The van der Waals surface area contributed by atoms with Gasteiger partial charge in [0.1, 0.15) is 0 Å². The maximum atomic E-state index is 12.7. The summed E-state index contributed by atoms with van der Waals surface area (Å²) in [4.78, 5) is 14.5. The predicted molar refractivity (Wildman–Crippen MR) is 85.7 cm³/mol. The van der Waals surface area contributed by atoms with Crippen LogP contribution in [0.25, 0.3) is 0 Å². The standard InChI is InChI=1S/C18H18ClNO/c1-20(18(21)14-8-4-9-15(19)12-14)17-11-5-7-13-6-2-3-10-16(13)17/h2-4,6,8-10,12,17H,5,7,11H2,1H3. The molecule has 0 radical (unpaired) electrons. The van der Waals surface area contributed by atoms with Gasteiger partial charge in [0.05, 0.1) is 6.04 Å². The summed E-state index contributed by atoms with van der Waals surface area (Å²) in [5.74, 6) is 0.0270. The first-order chi connectivity index (χ1) is 10.2. The Labute approximate surface area is 130 Å². The number of rotatable bonds is 2. The molecule has 2 nitrogen and oxygen atoms in total. The molecular weight excluding hydrogens is 282 g/mol. The largest absolute Gasteiger partial charge is 0.335 e.